The number of methoxy groups -OCH3 is 1. The molecule has 0 aliphatic carbocycles. The number of aromatic hydroxyl groups is 1. The van der Waals surface area contributed by atoms with Crippen molar-refractivity contribution in [2.24, 2.45) is 5.10 Å². The van der Waals surface area contributed by atoms with E-state index in [1.54, 1.807) is 36.4 Å². The molecule has 7 heteroatoms. The third-order valence-electron chi connectivity index (χ3n) is 4.41. The number of benzene rings is 3. The van der Waals surface area contributed by atoms with Crippen LogP contribution in [0, 0.1) is 0 Å². The predicted octanol–water partition coefficient (Wildman–Crippen LogP) is 3.55. The Morgan fingerprint density at radius 1 is 1.03 bits per heavy atom. The Hall–Kier alpha value is -4.13. The number of hydrazone groups is 1. The lowest BCUT2D eigenvalue weighted by molar-refractivity contribution is 0.373. The molecule has 144 valence electrons. The lowest BCUT2D eigenvalue weighted by Crippen LogP contribution is -2.22. The molecule has 2 N–H and O–H groups in total. The minimum atomic E-state index is -0.205. The largest absolute Gasteiger partial charge is 0.504 e. The highest BCUT2D eigenvalue weighted by molar-refractivity contribution is 5.85. The van der Waals surface area contributed by atoms with Gasteiger partial charge in [-0.25, -0.2) is 15.0 Å². The van der Waals surface area contributed by atoms with Crippen molar-refractivity contribution >= 4 is 23.1 Å². The Labute approximate surface area is 166 Å². The van der Waals surface area contributed by atoms with Crippen LogP contribution in [0.1, 0.15) is 5.56 Å². The molecule has 4 rings (SSSR count). The van der Waals surface area contributed by atoms with E-state index in [0.717, 1.165) is 0 Å². The third-order valence-corrected chi connectivity index (χ3v) is 4.41. The lowest BCUT2D eigenvalue weighted by Gasteiger charge is -2.12. The Kier molecular flexibility index (Phi) is 4.94. The second-order valence-electron chi connectivity index (χ2n) is 6.20. The Morgan fingerprint density at radius 3 is 2.59 bits per heavy atom. The van der Waals surface area contributed by atoms with Gasteiger partial charge in [-0.15, -0.1) is 0 Å². The van der Waals surface area contributed by atoms with Crippen LogP contribution in [0.5, 0.6) is 11.5 Å². The molecule has 1 aromatic heterocycles. The smallest absolute Gasteiger partial charge is 0.267 e. The minimum absolute atomic E-state index is 0.0209. The first-order chi connectivity index (χ1) is 14.2. The summed E-state index contributed by atoms with van der Waals surface area (Å²) >= 11 is 0. The van der Waals surface area contributed by atoms with Crippen molar-refractivity contribution in [1.82, 2.24) is 9.55 Å². The fraction of sp³-hybridized carbons (Fsp3) is 0.0455. The average molecular weight is 386 g/mol. The van der Waals surface area contributed by atoms with E-state index in [1.807, 2.05) is 36.4 Å². The summed E-state index contributed by atoms with van der Waals surface area (Å²) < 4.78 is 6.56. The van der Waals surface area contributed by atoms with Gasteiger partial charge in [-0.05, 0) is 36.4 Å². The summed E-state index contributed by atoms with van der Waals surface area (Å²) in [4.78, 5) is 17.6. The predicted molar refractivity (Wildman–Crippen MR) is 113 cm³/mol. The van der Waals surface area contributed by atoms with Crippen LogP contribution in [-0.4, -0.2) is 28.0 Å². The van der Waals surface area contributed by atoms with E-state index in [0.29, 0.717) is 27.9 Å². The highest BCUT2D eigenvalue weighted by Gasteiger charge is 2.12. The molecule has 29 heavy (non-hydrogen) atoms. The van der Waals surface area contributed by atoms with Crippen LogP contribution >= 0.6 is 0 Å². The molecule has 0 atom stereocenters. The molecule has 3 aromatic carbocycles. The maximum absolute atomic E-state index is 13.1. The van der Waals surface area contributed by atoms with E-state index in [-0.39, 0.29) is 17.3 Å². The summed E-state index contributed by atoms with van der Waals surface area (Å²) in [7, 11) is 1.48. The molecular formula is C22H18N4O3. The topological polar surface area (TPSA) is 88.7 Å². The Morgan fingerprint density at radius 2 is 1.79 bits per heavy atom. The maximum atomic E-state index is 13.1. The van der Waals surface area contributed by atoms with Gasteiger partial charge in [0, 0.05) is 5.56 Å². The van der Waals surface area contributed by atoms with Crippen molar-refractivity contribution < 1.29 is 9.84 Å². The fourth-order valence-corrected chi connectivity index (χ4v) is 2.99. The molecule has 1 heterocycles. The number of nitrogens with zero attached hydrogens (tertiary/aromatic N) is 3. The zero-order chi connectivity index (χ0) is 20.2. The SMILES string of the molecule is COc1cccc(/C=N\Nc2nc3ccccc3c(=O)n2-c2ccccc2)c1O. The molecular weight excluding hydrogens is 368 g/mol. The van der Waals surface area contributed by atoms with E-state index in [9.17, 15) is 9.90 Å². The number of ether oxygens (including phenoxy) is 1. The molecule has 0 spiro atoms. The second kappa shape index (κ2) is 7.85. The van der Waals surface area contributed by atoms with E-state index in [4.69, 9.17) is 4.74 Å². The van der Waals surface area contributed by atoms with Crippen molar-refractivity contribution in [3.63, 3.8) is 0 Å². The monoisotopic (exact) mass is 386 g/mol. The van der Waals surface area contributed by atoms with Crippen LogP contribution in [0.4, 0.5) is 5.95 Å². The van der Waals surface area contributed by atoms with E-state index >= 15 is 0 Å². The first-order valence-electron chi connectivity index (χ1n) is 8.91. The summed E-state index contributed by atoms with van der Waals surface area (Å²) in [6, 6.07) is 21.4. The van der Waals surface area contributed by atoms with Crippen molar-refractivity contribution in [2.45, 2.75) is 0 Å². The van der Waals surface area contributed by atoms with E-state index in [1.165, 1.54) is 17.9 Å². The van der Waals surface area contributed by atoms with Gasteiger partial charge < -0.3 is 9.84 Å². The van der Waals surface area contributed by atoms with Gasteiger partial charge in [0.25, 0.3) is 5.56 Å². The highest BCUT2D eigenvalue weighted by Crippen LogP contribution is 2.28. The number of aromatic nitrogens is 2. The van der Waals surface area contributed by atoms with Gasteiger partial charge in [-0.3, -0.25) is 4.79 Å². The maximum Gasteiger partial charge on any atom is 0.267 e. The van der Waals surface area contributed by atoms with Crippen LogP contribution in [0.15, 0.2) is 82.7 Å². The zero-order valence-corrected chi connectivity index (χ0v) is 15.6. The Balaban J connectivity index is 1.78. The standard InChI is InChI=1S/C22H18N4O3/c1-29-19-13-7-8-15(20(19)27)14-23-25-22-24-18-12-6-5-11-17(18)21(28)26(22)16-9-3-2-4-10-16/h2-14,27H,1H3,(H,24,25)/b23-14-. The van der Waals surface area contributed by atoms with Crippen LogP contribution in [-0.2, 0) is 0 Å². The lowest BCUT2D eigenvalue weighted by atomic mass is 10.2. The number of nitrogens with one attached hydrogen (secondary N) is 1. The summed E-state index contributed by atoms with van der Waals surface area (Å²) in [5, 5.41) is 14.9. The number of anilines is 1. The number of para-hydroxylation sites is 3. The number of fused-ring (bicyclic) bond motifs is 1. The van der Waals surface area contributed by atoms with Crippen LogP contribution in [0.2, 0.25) is 0 Å². The molecule has 7 nitrogen and oxygen atoms in total. The van der Waals surface area contributed by atoms with Crippen LogP contribution in [0.25, 0.3) is 16.6 Å². The molecule has 0 saturated heterocycles. The summed E-state index contributed by atoms with van der Waals surface area (Å²) in [5.74, 6) is 0.588. The van der Waals surface area contributed by atoms with Gasteiger partial charge in [0.1, 0.15) is 0 Å². The molecule has 0 unspecified atom stereocenters. The van der Waals surface area contributed by atoms with Gasteiger partial charge in [0.2, 0.25) is 5.95 Å². The summed E-state index contributed by atoms with van der Waals surface area (Å²) in [6.45, 7) is 0. The highest BCUT2D eigenvalue weighted by atomic mass is 16.5. The average Bonchev–Trinajstić information content (AvgIpc) is 2.76. The van der Waals surface area contributed by atoms with Gasteiger partial charge in [-0.2, -0.15) is 5.10 Å². The number of phenols is 1. The molecule has 0 aliphatic heterocycles. The normalized spacial score (nSPS) is 11.1. The van der Waals surface area contributed by atoms with Crippen LogP contribution < -0.4 is 15.7 Å². The van der Waals surface area contributed by atoms with Crippen LogP contribution in [0.3, 0.4) is 0 Å². The molecule has 0 radical (unpaired) electrons. The number of hydrogen-bond donors (Lipinski definition) is 2. The summed E-state index contributed by atoms with van der Waals surface area (Å²) in [5.41, 5.74) is 4.31. The number of phenolic OH excluding ortho intramolecular Hbond substituents is 1. The molecule has 0 amide bonds. The first-order valence-corrected chi connectivity index (χ1v) is 8.91. The molecule has 4 aromatic rings. The first kappa shape index (κ1) is 18.2. The van der Waals surface area contributed by atoms with Gasteiger partial charge in [0.05, 0.1) is 29.9 Å². The van der Waals surface area contributed by atoms with Gasteiger partial charge in [0.15, 0.2) is 11.5 Å². The number of rotatable bonds is 5. The zero-order valence-electron chi connectivity index (χ0n) is 15.6. The quantitative estimate of drug-likeness (QED) is 0.405. The van der Waals surface area contributed by atoms with Crippen molar-refractivity contribution in [2.75, 3.05) is 12.5 Å². The number of hydrogen-bond acceptors (Lipinski definition) is 6. The van der Waals surface area contributed by atoms with E-state index < -0.39 is 0 Å². The second-order valence-corrected chi connectivity index (χ2v) is 6.20. The summed E-state index contributed by atoms with van der Waals surface area (Å²) in [6.07, 6.45) is 1.44. The molecule has 0 fully saturated rings. The van der Waals surface area contributed by atoms with Crippen molar-refractivity contribution in [3.8, 4) is 17.2 Å². The molecule has 0 aliphatic rings. The fourth-order valence-electron chi connectivity index (χ4n) is 2.99. The van der Waals surface area contributed by atoms with Crippen molar-refractivity contribution in [1.29, 1.82) is 0 Å². The van der Waals surface area contributed by atoms with Gasteiger partial charge in [-0.1, -0.05) is 36.4 Å². The third kappa shape index (κ3) is 3.53. The van der Waals surface area contributed by atoms with Gasteiger partial charge >= 0.3 is 0 Å². The van der Waals surface area contributed by atoms with E-state index in [2.05, 4.69) is 15.5 Å². The van der Waals surface area contributed by atoms with Crippen molar-refractivity contribution in [3.05, 3.63) is 88.7 Å². The minimum Gasteiger partial charge on any atom is -0.504 e. The Bertz CT molecular complexity index is 1250. The molecule has 0 saturated carbocycles. The molecule has 0 bridgehead atoms.